The van der Waals surface area contributed by atoms with Gasteiger partial charge in [0.1, 0.15) is 9.92 Å². The quantitative estimate of drug-likeness (QED) is 0.506. The number of fused-ring (bicyclic) bond motifs is 3. The SMILES string of the molecule is COc1nc(NS(=O)(=O)c2c[nH]c3c2ccc2ccn(C(C)=O)c23)c(F)cc1Cl. The molecular weight excluding hydrogens is 423 g/mol. The lowest BCUT2D eigenvalue weighted by Crippen LogP contribution is -2.15. The summed E-state index contributed by atoms with van der Waals surface area (Å²) in [5.74, 6) is -1.84. The molecule has 0 amide bonds. The van der Waals surface area contributed by atoms with Gasteiger partial charge < -0.3 is 9.72 Å². The number of halogens is 2. The van der Waals surface area contributed by atoms with Gasteiger partial charge in [0.25, 0.3) is 10.0 Å². The minimum atomic E-state index is -4.22. The average Bonchev–Trinajstić information content (AvgIpc) is 3.27. The van der Waals surface area contributed by atoms with Crippen molar-refractivity contribution in [3.63, 3.8) is 0 Å². The van der Waals surface area contributed by atoms with Crippen LogP contribution in [0.1, 0.15) is 11.7 Å². The number of sulfonamides is 1. The highest BCUT2D eigenvalue weighted by Crippen LogP contribution is 2.32. The normalized spacial score (nSPS) is 11.9. The number of carbonyl (C=O) groups is 1. The van der Waals surface area contributed by atoms with Crippen LogP contribution in [-0.4, -0.2) is 36.0 Å². The Morgan fingerprint density at radius 1 is 1.34 bits per heavy atom. The number of nitrogens with one attached hydrogen (secondary N) is 2. The van der Waals surface area contributed by atoms with Gasteiger partial charge >= 0.3 is 0 Å². The Morgan fingerprint density at radius 2 is 2.10 bits per heavy atom. The Morgan fingerprint density at radius 3 is 2.79 bits per heavy atom. The summed E-state index contributed by atoms with van der Waals surface area (Å²) in [7, 11) is -2.94. The third-order valence-corrected chi connectivity index (χ3v) is 6.07. The number of rotatable bonds is 4. The third-order valence-electron chi connectivity index (χ3n) is 4.42. The summed E-state index contributed by atoms with van der Waals surface area (Å²) in [6.45, 7) is 1.41. The van der Waals surface area contributed by atoms with Crippen molar-refractivity contribution in [1.29, 1.82) is 0 Å². The molecule has 0 aliphatic carbocycles. The van der Waals surface area contributed by atoms with Gasteiger partial charge in [-0.05, 0) is 6.07 Å². The first kappa shape index (κ1) is 19.2. The molecule has 8 nitrogen and oxygen atoms in total. The molecule has 0 spiro atoms. The predicted octanol–water partition coefficient (Wildman–Crippen LogP) is 3.78. The van der Waals surface area contributed by atoms with Crippen molar-refractivity contribution in [1.82, 2.24) is 14.5 Å². The number of anilines is 1. The van der Waals surface area contributed by atoms with Crippen molar-refractivity contribution < 1.29 is 22.3 Å². The second-order valence-electron chi connectivity index (χ2n) is 6.20. The Hall–Kier alpha value is -3.11. The van der Waals surface area contributed by atoms with Gasteiger partial charge in [0.2, 0.25) is 11.8 Å². The molecule has 0 unspecified atom stereocenters. The second kappa shape index (κ2) is 6.75. The standard InChI is InChI=1S/C18H14ClFN4O4S/c1-9(25)24-6-5-10-3-4-11-14(8-21-15(11)16(10)24)29(26,27)23-17-13(20)7-12(19)18(22-17)28-2/h3-8,21H,1-2H3,(H,22,23). The van der Waals surface area contributed by atoms with Crippen molar-refractivity contribution in [2.75, 3.05) is 11.8 Å². The Labute approximate surface area is 169 Å². The van der Waals surface area contributed by atoms with Crippen molar-refractivity contribution in [2.45, 2.75) is 11.8 Å². The largest absolute Gasteiger partial charge is 0.480 e. The lowest BCUT2D eigenvalue weighted by atomic mass is 10.2. The summed E-state index contributed by atoms with van der Waals surface area (Å²) in [6.07, 6.45) is 2.88. The fourth-order valence-electron chi connectivity index (χ4n) is 3.13. The zero-order chi connectivity index (χ0) is 20.9. The molecule has 11 heteroatoms. The van der Waals surface area contributed by atoms with E-state index >= 15 is 0 Å². The number of methoxy groups -OCH3 is 1. The molecule has 3 heterocycles. The molecule has 0 saturated carbocycles. The number of benzene rings is 1. The van der Waals surface area contributed by atoms with Gasteiger partial charge in [-0.25, -0.2) is 12.8 Å². The fraction of sp³-hybridized carbons (Fsp3) is 0.111. The maximum absolute atomic E-state index is 14.2. The van der Waals surface area contributed by atoms with Crippen molar-refractivity contribution in [3.05, 3.63) is 47.5 Å². The van der Waals surface area contributed by atoms with Crippen LogP contribution in [0.3, 0.4) is 0 Å². The van der Waals surface area contributed by atoms with Crippen LogP contribution in [-0.2, 0) is 10.0 Å². The summed E-state index contributed by atoms with van der Waals surface area (Å²) < 4.78 is 48.5. The lowest BCUT2D eigenvalue weighted by Gasteiger charge is -2.10. The minimum absolute atomic E-state index is 0.0903. The van der Waals surface area contributed by atoms with Crippen molar-refractivity contribution in [2.24, 2.45) is 0 Å². The van der Waals surface area contributed by atoms with E-state index in [1.807, 2.05) is 0 Å². The van der Waals surface area contributed by atoms with Crippen LogP contribution in [0.15, 0.2) is 41.6 Å². The molecule has 0 bridgehead atoms. The second-order valence-corrected chi connectivity index (χ2v) is 8.26. The first-order valence-electron chi connectivity index (χ1n) is 8.28. The first-order chi connectivity index (χ1) is 13.7. The minimum Gasteiger partial charge on any atom is -0.480 e. The molecule has 2 N–H and O–H groups in total. The summed E-state index contributed by atoms with van der Waals surface area (Å²) in [4.78, 5) is 18.4. The van der Waals surface area contributed by atoms with E-state index in [0.717, 1.165) is 11.5 Å². The third kappa shape index (κ3) is 3.10. The molecule has 150 valence electrons. The molecule has 0 fully saturated rings. The Balaban J connectivity index is 1.85. The van der Waals surface area contributed by atoms with Crippen LogP contribution < -0.4 is 9.46 Å². The predicted molar refractivity (Wildman–Crippen MR) is 107 cm³/mol. The highest BCUT2D eigenvalue weighted by Gasteiger charge is 2.24. The topological polar surface area (TPSA) is 106 Å². The number of nitrogens with zero attached hydrogens (tertiary/aromatic N) is 2. The lowest BCUT2D eigenvalue weighted by molar-refractivity contribution is 0.0942. The summed E-state index contributed by atoms with van der Waals surface area (Å²) >= 11 is 5.80. The zero-order valence-electron chi connectivity index (χ0n) is 15.2. The number of carbonyl (C=O) groups excluding carboxylic acids is 1. The van der Waals surface area contributed by atoms with E-state index in [0.29, 0.717) is 16.4 Å². The van der Waals surface area contributed by atoms with Gasteiger partial charge in [-0.2, -0.15) is 4.98 Å². The number of pyridine rings is 1. The Kier molecular flexibility index (Phi) is 4.47. The van der Waals surface area contributed by atoms with E-state index in [1.165, 1.54) is 24.8 Å². The van der Waals surface area contributed by atoms with Gasteiger partial charge in [0, 0.05) is 36.2 Å². The molecule has 3 aromatic heterocycles. The molecule has 0 aliphatic heterocycles. The van der Waals surface area contributed by atoms with E-state index in [1.54, 1.807) is 24.4 Å². The highest BCUT2D eigenvalue weighted by molar-refractivity contribution is 7.93. The number of H-pyrrole nitrogens is 1. The fourth-order valence-corrected chi connectivity index (χ4v) is 4.53. The molecule has 29 heavy (non-hydrogen) atoms. The molecule has 1 aromatic carbocycles. The van der Waals surface area contributed by atoms with E-state index in [2.05, 4.69) is 14.7 Å². The van der Waals surface area contributed by atoms with Gasteiger partial charge in [-0.15, -0.1) is 0 Å². The number of ether oxygens (including phenoxy) is 1. The van der Waals surface area contributed by atoms with E-state index in [9.17, 15) is 17.6 Å². The maximum Gasteiger partial charge on any atom is 0.265 e. The van der Waals surface area contributed by atoms with E-state index < -0.39 is 21.7 Å². The van der Waals surface area contributed by atoms with Crippen LogP contribution in [0.25, 0.3) is 21.8 Å². The monoisotopic (exact) mass is 436 g/mol. The van der Waals surface area contributed by atoms with Crippen molar-refractivity contribution in [3.8, 4) is 5.88 Å². The van der Waals surface area contributed by atoms with Crippen LogP contribution >= 0.6 is 11.6 Å². The zero-order valence-corrected chi connectivity index (χ0v) is 16.7. The average molecular weight is 437 g/mol. The first-order valence-corrected chi connectivity index (χ1v) is 10.1. The van der Waals surface area contributed by atoms with Crippen LogP contribution in [0.4, 0.5) is 10.2 Å². The summed E-state index contributed by atoms with van der Waals surface area (Å²) in [5.41, 5.74) is 1.01. The molecule has 0 saturated heterocycles. The molecule has 4 aromatic rings. The number of hydrogen-bond donors (Lipinski definition) is 2. The maximum atomic E-state index is 14.2. The number of aromatic nitrogens is 3. The Bertz CT molecular complexity index is 1390. The van der Waals surface area contributed by atoms with Crippen LogP contribution in [0, 0.1) is 5.82 Å². The summed E-state index contributed by atoms with van der Waals surface area (Å²) in [5, 5.41) is 1.02. The highest BCUT2D eigenvalue weighted by atomic mass is 35.5. The molecular formula is C18H14ClFN4O4S. The van der Waals surface area contributed by atoms with Gasteiger partial charge in [-0.3, -0.25) is 14.1 Å². The molecule has 4 rings (SSSR count). The van der Waals surface area contributed by atoms with Crippen LogP contribution in [0.2, 0.25) is 5.02 Å². The van der Waals surface area contributed by atoms with E-state index in [4.69, 9.17) is 16.3 Å². The number of hydrogen-bond acceptors (Lipinski definition) is 5. The van der Waals surface area contributed by atoms with Crippen molar-refractivity contribution >= 4 is 55.2 Å². The smallest absolute Gasteiger partial charge is 0.265 e. The van der Waals surface area contributed by atoms with Gasteiger partial charge in [0.05, 0.1) is 18.1 Å². The van der Waals surface area contributed by atoms with Gasteiger partial charge in [-0.1, -0.05) is 23.7 Å². The van der Waals surface area contributed by atoms with Crippen LogP contribution in [0.5, 0.6) is 5.88 Å². The van der Waals surface area contributed by atoms with E-state index in [-0.39, 0.29) is 21.7 Å². The summed E-state index contributed by atoms with van der Waals surface area (Å²) in [6, 6.07) is 5.97. The van der Waals surface area contributed by atoms with Gasteiger partial charge in [0.15, 0.2) is 11.6 Å². The number of aromatic amines is 1. The molecule has 0 radical (unpaired) electrons. The molecule has 0 aliphatic rings. The molecule has 0 atom stereocenters.